The second-order valence-corrected chi connectivity index (χ2v) is 6.22. The molecule has 6 nitrogen and oxygen atoms in total. The second-order valence-electron chi connectivity index (χ2n) is 5.21. The minimum absolute atomic E-state index is 0.299. The van der Waals surface area contributed by atoms with E-state index in [1.54, 1.807) is 11.6 Å². The number of carbonyl (C=O) groups excluding carboxylic acids is 1. The molecule has 1 atom stereocenters. The predicted molar refractivity (Wildman–Crippen MR) is 80.2 cm³/mol. The Bertz CT molecular complexity index is 822. The summed E-state index contributed by atoms with van der Waals surface area (Å²) < 4.78 is 48.2. The van der Waals surface area contributed by atoms with E-state index in [1.807, 2.05) is 0 Å². The molecule has 1 unspecified atom stereocenters. The first-order valence-corrected chi connectivity index (χ1v) is 7.96. The van der Waals surface area contributed by atoms with Gasteiger partial charge >= 0.3 is 6.36 Å². The number of nitrogens with zero attached hydrogens (tertiary/aromatic N) is 2. The van der Waals surface area contributed by atoms with Crippen molar-refractivity contribution in [2.24, 2.45) is 12.1 Å². The van der Waals surface area contributed by atoms with Crippen LogP contribution < -0.4 is 15.0 Å². The quantitative estimate of drug-likeness (QED) is 0.853. The van der Waals surface area contributed by atoms with E-state index in [4.69, 9.17) is 4.74 Å². The molecule has 1 amide bonds. The van der Waals surface area contributed by atoms with Crippen molar-refractivity contribution in [1.82, 2.24) is 9.99 Å². The maximum absolute atomic E-state index is 12.3. The number of aryl methyl sites for hydroxylation is 1. The van der Waals surface area contributed by atoms with Gasteiger partial charge < -0.3 is 14.0 Å². The van der Waals surface area contributed by atoms with Gasteiger partial charge in [-0.25, -0.2) is 5.43 Å². The van der Waals surface area contributed by atoms with Crippen molar-refractivity contribution in [2.45, 2.75) is 25.3 Å². The second kappa shape index (κ2) is 6.44. The third kappa shape index (κ3) is 3.70. The Morgan fingerprint density at radius 3 is 2.96 bits per heavy atom. The number of hydrogen-bond acceptors (Lipinski definition) is 5. The van der Waals surface area contributed by atoms with E-state index in [9.17, 15) is 18.0 Å². The van der Waals surface area contributed by atoms with Crippen LogP contribution in [0.15, 0.2) is 23.3 Å². The lowest BCUT2D eigenvalue weighted by atomic mass is 10.2. The first kappa shape index (κ1) is 16.8. The lowest BCUT2D eigenvalue weighted by molar-refractivity contribution is -0.274. The van der Waals surface area contributed by atoms with Crippen molar-refractivity contribution in [3.05, 3.63) is 23.0 Å². The average Bonchev–Trinajstić information content (AvgIpc) is 3.12. The normalized spacial score (nSPS) is 19.0. The molecule has 0 spiro atoms. The van der Waals surface area contributed by atoms with Crippen molar-refractivity contribution in [3.8, 4) is 5.75 Å². The Morgan fingerprint density at radius 2 is 2.29 bits per heavy atom. The number of rotatable bonds is 3. The number of hydrogen-bond donors (Lipinski definition) is 1. The first-order valence-electron chi connectivity index (χ1n) is 7.14. The Kier molecular flexibility index (Phi) is 4.50. The fourth-order valence-corrected chi connectivity index (χ4v) is 3.39. The van der Waals surface area contributed by atoms with Crippen LogP contribution in [-0.4, -0.2) is 29.5 Å². The highest BCUT2D eigenvalue weighted by atomic mass is 32.1. The standard InChI is InChI=1S/C14H14F3N3O3S/c1-20-9-5-4-8(23-14(15,16)17)7-11(9)24-13(20)19-18-12(21)10-3-2-6-22-10/h4-5,7,10H,2-3,6H2,1H3,(H,18,21)/b19-13-. The zero-order chi connectivity index (χ0) is 17.3. The van der Waals surface area contributed by atoms with Crippen LogP contribution in [0.5, 0.6) is 5.75 Å². The van der Waals surface area contributed by atoms with Gasteiger partial charge in [0.25, 0.3) is 5.91 Å². The van der Waals surface area contributed by atoms with Gasteiger partial charge in [0.15, 0.2) is 0 Å². The van der Waals surface area contributed by atoms with Gasteiger partial charge in [-0.15, -0.1) is 18.3 Å². The number of thiazole rings is 1. The van der Waals surface area contributed by atoms with E-state index in [0.717, 1.165) is 17.8 Å². The fraction of sp³-hybridized carbons (Fsp3) is 0.429. The molecule has 1 aliphatic heterocycles. The van der Waals surface area contributed by atoms with Crippen LogP contribution in [0.1, 0.15) is 12.8 Å². The van der Waals surface area contributed by atoms with Crippen LogP contribution >= 0.6 is 11.3 Å². The molecule has 1 saturated heterocycles. The average molecular weight is 361 g/mol. The van der Waals surface area contributed by atoms with Gasteiger partial charge in [0.2, 0.25) is 4.80 Å². The molecule has 24 heavy (non-hydrogen) atoms. The topological polar surface area (TPSA) is 64.9 Å². The third-order valence-corrected chi connectivity index (χ3v) is 4.59. The van der Waals surface area contributed by atoms with Gasteiger partial charge in [-0.05, 0) is 31.0 Å². The number of alkyl halides is 3. The molecule has 1 N–H and O–H groups in total. The maximum Gasteiger partial charge on any atom is 0.573 e. The zero-order valence-electron chi connectivity index (χ0n) is 12.6. The van der Waals surface area contributed by atoms with E-state index in [0.29, 0.717) is 28.0 Å². The Morgan fingerprint density at radius 1 is 1.50 bits per heavy atom. The number of nitrogens with one attached hydrogen (secondary N) is 1. The van der Waals surface area contributed by atoms with E-state index in [2.05, 4.69) is 15.3 Å². The molecule has 1 fully saturated rings. The fourth-order valence-electron chi connectivity index (χ4n) is 2.38. The van der Waals surface area contributed by atoms with Crippen LogP contribution in [0.2, 0.25) is 0 Å². The van der Waals surface area contributed by atoms with Crippen LogP contribution in [0.25, 0.3) is 10.2 Å². The molecule has 1 aromatic heterocycles. The molecule has 130 valence electrons. The molecular weight excluding hydrogens is 347 g/mol. The van der Waals surface area contributed by atoms with Crippen molar-refractivity contribution in [1.29, 1.82) is 0 Å². The van der Waals surface area contributed by atoms with E-state index < -0.39 is 12.5 Å². The molecule has 3 rings (SSSR count). The zero-order valence-corrected chi connectivity index (χ0v) is 13.4. The van der Waals surface area contributed by atoms with Crippen LogP contribution in [0.4, 0.5) is 13.2 Å². The SMILES string of the molecule is Cn1/c(=N/NC(=O)C2CCCO2)sc2cc(OC(F)(F)F)ccc21. The Balaban J connectivity index is 1.84. The minimum Gasteiger partial charge on any atom is -0.406 e. The van der Waals surface area contributed by atoms with Crippen molar-refractivity contribution in [3.63, 3.8) is 0 Å². The molecule has 0 radical (unpaired) electrons. The number of benzene rings is 1. The molecule has 2 aromatic rings. The summed E-state index contributed by atoms with van der Waals surface area (Å²) in [6.07, 6.45) is -3.76. The van der Waals surface area contributed by atoms with Crippen molar-refractivity contribution < 1.29 is 27.4 Å². The van der Waals surface area contributed by atoms with E-state index >= 15 is 0 Å². The molecule has 0 aliphatic carbocycles. The minimum atomic E-state index is -4.74. The lowest BCUT2D eigenvalue weighted by Gasteiger charge is -2.08. The summed E-state index contributed by atoms with van der Waals surface area (Å²) in [6, 6.07) is 4.03. The van der Waals surface area contributed by atoms with Crippen LogP contribution in [0.3, 0.4) is 0 Å². The molecule has 1 aromatic carbocycles. The number of amides is 1. The van der Waals surface area contributed by atoms with Gasteiger partial charge in [0.1, 0.15) is 11.9 Å². The molecule has 10 heteroatoms. The summed E-state index contributed by atoms with van der Waals surface area (Å²) in [6.45, 7) is 0.552. The summed E-state index contributed by atoms with van der Waals surface area (Å²) >= 11 is 1.14. The monoisotopic (exact) mass is 361 g/mol. The summed E-state index contributed by atoms with van der Waals surface area (Å²) in [5, 5.41) is 4.03. The summed E-state index contributed by atoms with van der Waals surface area (Å²) in [4.78, 5) is 12.3. The number of ether oxygens (including phenoxy) is 2. The highest BCUT2D eigenvalue weighted by Gasteiger charge is 2.31. The smallest absolute Gasteiger partial charge is 0.406 e. The Labute approximate surface area is 138 Å². The first-order chi connectivity index (χ1) is 11.3. The van der Waals surface area contributed by atoms with Gasteiger partial charge in [0, 0.05) is 13.7 Å². The molecular formula is C14H14F3N3O3S. The van der Waals surface area contributed by atoms with Gasteiger partial charge in [0.05, 0.1) is 10.2 Å². The molecule has 0 bridgehead atoms. The molecule has 0 saturated carbocycles. The lowest BCUT2D eigenvalue weighted by Crippen LogP contribution is -2.32. The van der Waals surface area contributed by atoms with Gasteiger partial charge in [-0.2, -0.15) is 0 Å². The van der Waals surface area contributed by atoms with Crippen LogP contribution in [-0.2, 0) is 16.6 Å². The van der Waals surface area contributed by atoms with Gasteiger partial charge in [-0.1, -0.05) is 11.3 Å². The van der Waals surface area contributed by atoms with Gasteiger partial charge in [-0.3, -0.25) is 4.79 Å². The van der Waals surface area contributed by atoms with E-state index in [1.165, 1.54) is 18.2 Å². The maximum atomic E-state index is 12.3. The molecule has 2 heterocycles. The van der Waals surface area contributed by atoms with Crippen molar-refractivity contribution >= 4 is 27.5 Å². The number of carbonyl (C=O) groups is 1. The highest BCUT2D eigenvalue weighted by Crippen LogP contribution is 2.27. The number of halogens is 3. The Hall–Kier alpha value is -2.07. The summed E-state index contributed by atoms with van der Waals surface area (Å²) in [5.74, 6) is -0.627. The van der Waals surface area contributed by atoms with Crippen molar-refractivity contribution in [2.75, 3.05) is 6.61 Å². The number of aromatic nitrogens is 1. The van der Waals surface area contributed by atoms with E-state index in [-0.39, 0.29) is 11.7 Å². The summed E-state index contributed by atoms with van der Waals surface area (Å²) in [5.41, 5.74) is 3.12. The summed E-state index contributed by atoms with van der Waals surface area (Å²) in [7, 11) is 1.71. The largest absolute Gasteiger partial charge is 0.573 e. The predicted octanol–water partition coefficient (Wildman–Crippen LogP) is 2.25. The third-order valence-electron chi connectivity index (χ3n) is 3.50. The van der Waals surface area contributed by atoms with Crippen LogP contribution in [0, 0.1) is 0 Å². The molecule has 1 aliphatic rings. The number of fused-ring (bicyclic) bond motifs is 1. The highest BCUT2D eigenvalue weighted by molar-refractivity contribution is 7.16.